The summed E-state index contributed by atoms with van der Waals surface area (Å²) in [5, 5.41) is 11.6. The number of benzene rings is 2. The summed E-state index contributed by atoms with van der Waals surface area (Å²) in [6.45, 7) is 5.75. The molecule has 2 aromatic carbocycles. The quantitative estimate of drug-likeness (QED) is 0.686. The third kappa shape index (κ3) is 4.01. The molecule has 29 heavy (non-hydrogen) atoms. The highest BCUT2D eigenvalue weighted by Gasteiger charge is 2.19. The second kappa shape index (κ2) is 8.22. The fraction of sp³-hybridized carbons (Fsp3) is 0.286. The van der Waals surface area contributed by atoms with E-state index in [1.807, 2.05) is 32.0 Å². The smallest absolute Gasteiger partial charge is 0.278 e. The monoisotopic (exact) mass is 396 g/mol. The number of nitrogens with zero attached hydrogens (tertiary/aromatic N) is 3. The third-order valence-electron chi connectivity index (χ3n) is 4.49. The first kappa shape index (κ1) is 20.2. The SMILES string of the molecule is COc1cc(NC(=O)c2nn(-c3ccc(C)cc3C)nc2C)cc(OC)c1OC. The molecular formula is C21H24N4O4. The zero-order valence-corrected chi connectivity index (χ0v) is 17.4. The highest BCUT2D eigenvalue weighted by atomic mass is 16.5. The molecule has 0 spiro atoms. The average molecular weight is 396 g/mol. The molecule has 0 aliphatic heterocycles. The number of carbonyl (C=O) groups excluding carboxylic acids is 1. The number of hydrogen-bond donors (Lipinski definition) is 1. The minimum Gasteiger partial charge on any atom is -0.493 e. The molecule has 3 aromatic rings. The maximum Gasteiger partial charge on any atom is 0.278 e. The van der Waals surface area contributed by atoms with Crippen LogP contribution in [0.5, 0.6) is 17.2 Å². The van der Waals surface area contributed by atoms with Crippen LogP contribution in [-0.2, 0) is 0 Å². The van der Waals surface area contributed by atoms with Gasteiger partial charge < -0.3 is 19.5 Å². The van der Waals surface area contributed by atoms with Crippen LogP contribution in [0.15, 0.2) is 30.3 Å². The summed E-state index contributed by atoms with van der Waals surface area (Å²) in [6, 6.07) is 9.28. The third-order valence-corrected chi connectivity index (χ3v) is 4.49. The zero-order chi connectivity index (χ0) is 21.1. The Morgan fingerprint density at radius 3 is 2.14 bits per heavy atom. The van der Waals surface area contributed by atoms with Gasteiger partial charge in [-0.3, -0.25) is 4.79 Å². The molecule has 0 fully saturated rings. The molecule has 1 heterocycles. The number of rotatable bonds is 6. The number of ether oxygens (including phenoxy) is 3. The Bertz CT molecular complexity index is 1030. The zero-order valence-electron chi connectivity index (χ0n) is 17.4. The average Bonchev–Trinajstić information content (AvgIpc) is 3.08. The maximum absolute atomic E-state index is 12.8. The Morgan fingerprint density at radius 2 is 1.59 bits per heavy atom. The fourth-order valence-corrected chi connectivity index (χ4v) is 3.07. The Kier molecular flexibility index (Phi) is 5.72. The van der Waals surface area contributed by atoms with Gasteiger partial charge in [-0.2, -0.15) is 9.90 Å². The van der Waals surface area contributed by atoms with Crippen LogP contribution < -0.4 is 19.5 Å². The van der Waals surface area contributed by atoms with Gasteiger partial charge in [0.25, 0.3) is 5.91 Å². The molecule has 1 amide bonds. The minimum atomic E-state index is -0.382. The molecule has 0 saturated carbocycles. The van der Waals surface area contributed by atoms with Gasteiger partial charge in [0.2, 0.25) is 5.75 Å². The van der Waals surface area contributed by atoms with Crippen LogP contribution in [0.3, 0.4) is 0 Å². The Hall–Kier alpha value is -3.55. The summed E-state index contributed by atoms with van der Waals surface area (Å²) < 4.78 is 16.0. The molecule has 1 aromatic heterocycles. The van der Waals surface area contributed by atoms with E-state index in [0.29, 0.717) is 28.6 Å². The van der Waals surface area contributed by atoms with E-state index in [-0.39, 0.29) is 11.6 Å². The van der Waals surface area contributed by atoms with Gasteiger partial charge in [-0.25, -0.2) is 0 Å². The highest BCUT2D eigenvalue weighted by Crippen LogP contribution is 2.40. The van der Waals surface area contributed by atoms with E-state index in [0.717, 1.165) is 16.8 Å². The van der Waals surface area contributed by atoms with Gasteiger partial charge in [0.05, 0.1) is 32.7 Å². The van der Waals surface area contributed by atoms with Crippen molar-refractivity contribution in [2.75, 3.05) is 26.6 Å². The molecule has 0 aliphatic rings. The van der Waals surface area contributed by atoms with Crippen molar-refractivity contribution in [2.45, 2.75) is 20.8 Å². The van der Waals surface area contributed by atoms with Gasteiger partial charge in [-0.05, 0) is 32.4 Å². The molecular weight excluding hydrogens is 372 g/mol. The van der Waals surface area contributed by atoms with Crippen LogP contribution in [-0.4, -0.2) is 42.2 Å². The molecule has 0 bridgehead atoms. The maximum atomic E-state index is 12.8. The van der Waals surface area contributed by atoms with Gasteiger partial charge in [-0.15, -0.1) is 5.10 Å². The van der Waals surface area contributed by atoms with Crippen LogP contribution in [0.2, 0.25) is 0 Å². The number of anilines is 1. The Labute approximate surface area is 169 Å². The number of amides is 1. The molecule has 0 unspecified atom stereocenters. The van der Waals surface area contributed by atoms with Crippen molar-refractivity contribution in [3.05, 3.63) is 52.8 Å². The molecule has 8 heteroatoms. The summed E-state index contributed by atoms with van der Waals surface area (Å²) in [5.41, 5.74) is 4.25. The van der Waals surface area contributed by atoms with Gasteiger partial charge in [0.1, 0.15) is 0 Å². The summed E-state index contributed by atoms with van der Waals surface area (Å²) in [5.74, 6) is 0.952. The summed E-state index contributed by atoms with van der Waals surface area (Å²) in [6.07, 6.45) is 0. The summed E-state index contributed by atoms with van der Waals surface area (Å²) >= 11 is 0. The number of carbonyl (C=O) groups is 1. The Morgan fingerprint density at radius 1 is 0.931 bits per heavy atom. The topological polar surface area (TPSA) is 87.5 Å². The largest absolute Gasteiger partial charge is 0.493 e. The first-order chi connectivity index (χ1) is 13.9. The van der Waals surface area contributed by atoms with Gasteiger partial charge in [0, 0.05) is 17.8 Å². The van der Waals surface area contributed by atoms with E-state index >= 15 is 0 Å². The minimum absolute atomic E-state index is 0.235. The predicted octanol–water partition coefficient (Wildman–Crippen LogP) is 3.47. The lowest BCUT2D eigenvalue weighted by molar-refractivity contribution is 0.102. The van der Waals surface area contributed by atoms with Crippen molar-refractivity contribution < 1.29 is 19.0 Å². The van der Waals surface area contributed by atoms with E-state index in [1.165, 1.54) is 26.1 Å². The molecule has 0 atom stereocenters. The van der Waals surface area contributed by atoms with Crippen molar-refractivity contribution in [3.8, 4) is 22.9 Å². The van der Waals surface area contributed by atoms with Crippen molar-refractivity contribution in [1.82, 2.24) is 15.0 Å². The lowest BCUT2D eigenvalue weighted by Crippen LogP contribution is -2.14. The van der Waals surface area contributed by atoms with Crippen molar-refractivity contribution in [2.24, 2.45) is 0 Å². The van der Waals surface area contributed by atoms with E-state index in [9.17, 15) is 4.79 Å². The standard InChI is InChI=1S/C21H24N4O4/c1-12-7-8-16(13(2)9-12)25-23-14(3)19(24-25)21(26)22-15-10-17(27-4)20(29-6)18(11-15)28-5/h7-11H,1-6H3,(H,22,26). The lowest BCUT2D eigenvalue weighted by Gasteiger charge is -2.14. The number of aryl methyl sites for hydroxylation is 3. The second-order valence-corrected chi connectivity index (χ2v) is 6.58. The molecule has 3 rings (SSSR count). The van der Waals surface area contributed by atoms with Crippen LogP contribution in [0.25, 0.3) is 5.69 Å². The molecule has 8 nitrogen and oxygen atoms in total. The predicted molar refractivity (Wildman–Crippen MR) is 110 cm³/mol. The normalized spacial score (nSPS) is 10.6. The van der Waals surface area contributed by atoms with Crippen LogP contribution >= 0.6 is 0 Å². The number of methoxy groups -OCH3 is 3. The highest BCUT2D eigenvalue weighted by molar-refractivity contribution is 6.03. The summed E-state index contributed by atoms with van der Waals surface area (Å²) in [4.78, 5) is 14.3. The molecule has 0 radical (unpaired) electrons. The molecule has 1 N–H and O–H groups in total. The van der Waals surface area contributed by atoms with E-state index in [2.05, 4.69) is 15.5 Å². The van der Waals surface area contributed by atoms with Gasteiger partial charge in [0.15, 0.2) is 17.2 Å². The number of hydrogen-bond acceptors (Lipinski definition) is 6. The number of aromatic nitrogens is 3. The van der Waals surface area contributed by atoms with Crippen molar-refractivity contribution in [3.63, 3.8) is 0 Å². The van der Waals surface area contributed by atoms with Crippen molar-refractivity contribution >= 4 is 11.6 Å². The molecule has 0 saturated heterocycles. The van der Waals surface area contributed by atoms with E-state index in [1.54, 1.807) is 19.1 Å². The fourth-order valence-electron chi connectivity index (χ4n) is 3.07. The van der Waals surface area contributed by atoms with Crippen LogP contribution in [0.4, 0.5) is 5.69 Å². The van der Waals surface area contributed by atoms with Gasteiger partial charge in [-0.1, -0.05) is 17.7 Å². The van der Waals surface area contributed by atoms with E-state index in [4.69, 9.17) is 14.2 Å². The second-order valence-electron chi connectivity index (χ2n) is 6.58. The first-order valence-corrected chi connectivity index (χ1v) is 9.00. The number of nitrogens with one attached hydrogen (secondary N) is 1. The molecule has 0 aliphatic carbocycles. The van der Waals surface area contributed by atoms with Crippen LogP contribution in [0.1, 0.15) is 27.3 Å². The first-order valence-electron chi connectivity index (χ1n) is 9.00. The van der Waals surface area contributed by atoms with E-state index < -0.39 is 0 Å². The van der Waals surface area contributed by atoms with Gasteiger partial charge >= 0.3 is 0 Å². The lowest BCUT2D eigenvalue weighted by atomic mass is 10.1. The van der Waals surface area contributed by atoms with Crippen molar-refractivity contribution in [1.29, 1.82) is 0 Å². The van der Waals surface area contributed by atoms with Crippen LogP contribution in [0, 0.1) is 20.8 Å². The molecule has 152 valence electrons. The summed E-state index contributed by atoms with van der Waals surface area (Å²) in [7, 11) is 4.55. The Balaban J connectivity index is 1.91.